The molecule has 0 saturated carbocycles. The smallest absolute Gasteiger partial charge is 0.179 e. The summed E-state index contributed by atoms with van der Waals surface area (Å²) in [6, 6.07) is 0. The number of piperidine rings is 1. The first-order valence-electron chi connectivity index (χ1n) is 6.57. The number of nitrogens with one attached hydrogen (secondary N) is 1. The summed E-state index contributed by atoms with van der Waals surface area (Å²) in [7, 11) is 0. The van der Waals surface area contributed by atoms with Crippen molar-refractivity contribution in [1.29, 1.82) is 0 Å². The fraction of sp³-hybridized carbons (Fsp3) is 0.846. The number of hydrogen-bond donors (Lipinski definition) is 1. The summed E-state index contributed by atoms with van der Waals surface area (Å²) in [4.78, 5) is 2.59. The van der Waals surface area contributed by atoms with Crippen LogP contribution in [0.5, 0.6) is 0 Å². The Hall–Kier alpha value is -0.700. The van der Waals surface area contributed by atoms with E-state index in [1.54, 1.807) is 6.26 Å². The molecule has 0 amide bonds. The van der Waals surface area contributed by atoms with Crippen molar-refractivity contribution in [3.63, 3.8) is 0 Å². The highest BCUT2D eigenvalue weighted by atomic mass is 16.5. The van der Waals surface area contributed by atoms with Gasteiger partial charge in [-0.3, -0.25) is 0 Å². The summed E-state index contributed by atoms with van der Waals surface area (Å²) in [6.45, 7) is 8.15. The second kappa shape index (κ2) is 5.09. The van der Waals surface area contributed by atoms with Gasteiger partial charge < -0.3 is 15.0 Å². The lowest BCUT2D eigenvalue weighted by Crippen LogP contribution is -2.49. The fourth-order valence-corrected chi connectivity index (χ4v) is 2.71. The average Bonchev–Trinajstić information content (AvgIpc) is 2.75. The Labute approximate surface area is 98.8 Å². The molecule has 0 aromatic rings. The van der Waals surface area contributed by atoms with Crippen molar-refractivity contribution in [3.8, 4) is 0 Å². The lowest BCUT2D eigenvalue weighted by molar-refractivity contribution is -0.0384. The number of ether oxygens (including phenoxy) is 1. The molecule has 1 fully saturated rings. The molecule has 0 aromatic heterocycles. The second-order valence-electron chi connectivity index (χ2n) is 5.14. The zero-order chi connectivity index (χ0) is 11.4. The van der Waals surface area contributed by atoms with Crippen LogP contribution in [-0.4, -0.2) is 30.3 Å². The number of likely N-dealkylation sites (tertiary alicyclic amines) is 1. The lowest BCUT2D eigenvalue weighted by atomic mass is 9.87. The molecule has 0 radical (unpaired) electrons. The third-order valence-corrected chi connectivity index (χ3v) is 3.95. The normalized spacial score (nSPS) is 31.4. The van der Waals surface area contributed by atoms with E-state index >= 15 is 0 Å². The summed E-state index contributed by atoms with van der Waals surface area (Å²) in [5.41, 5.74) is -0.142. The highest BCUT2D eigenvalue weighted by Crippen LogP contribution is 2.31. The molecule has 92 valence electrons. The van der Waals surface area contributed by atoms with Crippen molar-refractivity contribution in [3.05, 3.63) is 12.5 Å². The van der Waals surface area contributed by atoms with Crippen LogP contribution in [0.15, 0.2) is 12.5 Å². The molecule has 16 heavy (non-hydrogen) atoms. The molecule has 1 atom stereocenters. The van der Waals surface area contributed by atoms with Crippen LogP contribution < -0.4 is 5.32 Å². The minimum Gasteiger partial charge on any atom is -0.474 e. The van der Waals surface area contributed by atoms with Crippen molar-refractivity contribution in [2.45, 2.75) is 45.3 Å². The van der Waals surface area contributed by atoms with Gasteiger partial charge in [-0.1, -0.05) is 13.3 Å². The van der Waals surface area contributed by atoms with Gasteiger partial charge >= 0.3 is 0 Å². The monoisotopic (exact) mass is 224 g/mol. The largest absolute Gasteiger partial charge is 0.474 e. The topological polar surface area (TPSA) is 24.5 Å². The van der Waals surface area contributed by atoms with Gasteiger partial charge in [-0.05, 0) is 45.8 Å². The van der Waals surface area contributed by atoms with Crippen molar-refractivity contribution >= 4 is 0 Å². The quantitative estimate of drug-likeness (QED) is 0.793. The molecule has 1 saturated heterocycles. The predicted octanol–water partition coefficient (Wildman–Crippen LogP) is 2.31. The Bertz CT molecular complexity index is 236. The first kappa shape index (κ1) is 11.8. The minimum absolute atomic E-state index is 0.142. The van der Waals surface area contributed by atoms with Crippen molar-refractivity contribution in [2.75, 3.05) is 19.6 Å². The van der Waals surface area contributed by atoms with Crippen LogP contribution in [0.3, 0.4) is 0 Å². The van der Waals surface area contributed by atoms with E-state index in [4.69, 9.17) is 4.74 Å². The van der Waals surface area contributed by atoms with Crippen LogP contribution in [0.25, 0.3) is 0 Å². The third-order valence-electron chi connectivity index (χ3n) is 3.95. The zero-order valence-corrected chi connectivity index (χ0v) is 10.5. The van der Waals surface area contributed by atoms with Gasteiger partial charge in [0, 0.05) is 12.1 Å². The Kier molecular flexibility index (Phi) is 3.74. The molecule has 2 aliphatic heterocycles. The number of unbranched alkanes of at least 4 members (excludes halogenated alkanes) is 1. The fourth-order valence-electron chi connectivity index (χ4n) is 2.71. The van der Waals surface area contributed by atoms with Gasteiger partial charge in [0.2, 0.25) is 0 Å². The van der Waals surface area contributed by atoms with E-state index in [2.05, 4.69) is 24.1 Å². The average molecular weight is 224 g/mol. The van der Waals surface area contributed by atoms with Crippen LogP contribution in [0.4, 0.5) is 0 Å². The number of rotatable bonds is 4. The van der Waals surface area contributed by atoms with E-state index in [0.29, 0.717) is 5.92 Å². The molecule has 0 aliphatic carbocycles. The summed E-state index contributed by atoms with van der Waals surface area (Å²) in [5, 5.41) is 3.34. The van der Waals surface area contributed by atoms with E-state index in [1.807, 2.05) is 6.20 Å². The molecule has 3 heteroatoms. The predicted molar refractivity (Wildman–Crippen MR) is 65.8 cm³/mol. The molecule has 0 spiro atoms. The minimum atomic E-state index is -0.142. The molecule has 2 heterocycles. The van der Waals surface area contributed by atoms with Crippen LogP contribution >= 0.6 is 0 Å². The summed E-state index contributed by atoms with van der Waals surface area (Å²) in [5.74, 6) is 0.639. The Balaban J connectivity index is 1.76. The highest BCUT2D eigenvalue weighted by Gasteiger charge is 2.38. The van der Waals surface area contributed by atoms with E-state index in [9.17, 15) is 0 Å². The summed E-state index contributed by atoms with van der Waals surface area (Å²) in [6.07, 6.45) is 8.82. The van der Waals surface area contributed by atoms with Gasteiger partial charge in [-0.15, -0.1) is 0 Å². The third kappa shape index (κ3) is 2.51. The molecular weight excluding hydrogens is 200 g/mol. The first-order valence-corrected chi connectivity index (χ1v) is 6.57. The SMILES string of the molecule is CCCCN1CCC(C2(C)NC=CO2)CC1. The van der Waals surface area contributed by atoms with E-state index in [-0.39, 0.29) is 5.72 Å². The second-order valence-corrected chi connectivity index (χ2v) is 5.14. The maximum atomic E-state index is 5.69. The summed E-state index contributed by atoms with van der Waals surface area (Å²) >= 11 is 0. The number of nitrogens with zero attached hydrogens (tertiary/aromatic N) is 1. The van der Waals surface area contributed by atoms with Crippen LogP contribution in [0.2, 0.25) is 0 Å². The maximum Gasteiger partial charge on any atom is 0.179 e. The Morgan fingerprint density at radius 3 is 2.75 bits per heavy atom. The van der Waals surface area contributed by atoms with Crippen LogP contribution in [0.1, 0.15) is 39.5 Å². The van der Waals surface area contributed by atoms with Crippen LogP contribution in [0, 0.1) is 5.92 Å². The van der Waals surface area contributed by atoms with Gasteiger partial charge in [-0.2, -0.15) is 0 Å². The molecule has 1 N–H and O–H groups in total. The molecule has 1 unspecified atom stereocenters. The van der Waals surface area contributed by atoms with Gasteiger partial charge in [0.25, 0.3) is 0 Å². The van der Waals surface area contributed by atoms with Gasteiger partial charge in [0.05, 0.1) is 0 Å². The molecule has 3 nitrogen and oxygen atoms in total. The van der Waals surface area contributed by atoms with Crippen molar-refractivity contribution < 1.29 is 4.74 Å². The van der Waals surface area contributed by atoms with Gasteiger partial charge in [0.15, 0.2) is 5.72 Å². The van der Waals surface area contributed by atoms with Gasteiger partial charge in [-0.25, -0.2) is 0 Å². The lowest BCUT2D eigenvalue weighted by Gasteiger charge is -2.39. The molecule has 0 bridgehead atoms. The maximum absolute atomic E-state index is 5.69. The van der Waals surface area contributed by atoms with E-state index in [0.717, 1.165) is 0 Å². The zero-order valence-electron chi connectivity index (χ0n) is 10.5. The van der Waals surface area contributed by atoms with Crippen LogP contribution in [-0.2, 0) is 4.74 Å². The van der Waals surface area contributed by atoms with Crippen molar-refractivity contribution in [2.24, 2.45) is 5.92 Å². The van der Waals surface area contributed by atoms with E-state index in [1.165, 1.54) is 45.3 Å². The molecule has 2 rings (SSSR count). The number of hydrogen-bond acceptors (Lipinski definition) is 3. The molecular formula is C13H24N2O. The first-order chi connectivity index (χ1) is 7.74. The molecule has 0 aromatic carbocycles. The Morgan fingerprint density at radius 2 is 2.19 bits per heavy atom. The highest BCUT2D eigenvalue weighted by molar-refractivity contribution is 4.96. The standard InChI is InChI=1S/C13H24N2O/c1-3-4-8-15-9-5-12(6-10-15)13(2)14-7-11-16-13/h7,11-12,14H,3-6,8-10H2,1-2H3. The molecule has 2 aliphatic rings. The van der Waals surface area contributed by atoms with Crippen molar-refractivity contribution in [1.82, 2.24) is 10.2 Å². The van der Waals surface area contributed by atoms with Gasteiger partial charge in [0.1, 0.15) is 6.26 Å². The summed E-state index contributed by atoms with van der Waals surface area (Å²) < 4.78 is 5.69. The van der Waals surface area contributed by atoms with E-state index < -0.39 is 0 Å². The Morgan fingerprint density at radius 1 is 1.44 bits per heavy atom.